The van der Waals surface area contributed by atoms with Gasteiger partial charge in [0, 0.05) is 26.1 Å². The van der Waals surface area contributed by atoms with Gasteiger partial charge in [-0.15, -0.1) is 24.0 Å². The summed E-state index contributed by atoms with van der Waals surface area (Å²) in [7, 11) is 1.69. The van der Waals surface area contributed by atoms with Crippen molar-refractivity contribution in [3.8, 4) is 0 Å². The Bertz CT molecular complexity index is 433. The van der Waals surface area contributed by atoms with E-state index in [1.165, 1.54) is 11.1 Å². The van der Waals surface area contributed by atoms with Crippen LogP contribution in [0.5, 0.6) is 0 Å². The van der Waals surface area contributed by atoms with Crippen molar-refractivity contribution in [2.75, 3.05) is 20.2 Å². The summed E-state index contributed by atoms with van der Waals surface area (Å²) in [6.07, 6.45) is 2.42. The number of aliphatic imine (C=N–C) groups is 1. The minimum Gasteiger partial charge on any atom is -0.373 e. The number of rotatable bonds is 3. The fourth-order valence-electron chi connectivity index (χ4n) is 2.49. The highest BCUT2D eigenvalue weighted by Crippen LogP contribution is 2.33. The van der Waals surface area contributed by atoms with Crippen LogP contribution >= 0.6 is 24.0 Å². The smallest absolute Gasteiger partial charge is 0.188 e. The zero-order chi connectivity index (χ0) is 13.7. The SMILES string of the molecule is CN=C(N)NCC1CCCOC1c1ccc(C)cc1.I. The van der Waals surface area contributed by atoms with Crippen molar-refractivity contribution >= 4 is 29.9 Å². The molecule has 0 aliphatic carbocycles. The second-order valence-electron chi connectivity index (χ2n) is 5.09. The zero-order valence-corrected chi connectivity index (χ0v) is 14.5. The number of hydrogen-bond acceptors (Lipinski definition) is 2. The molecule has 112 valence electrons. The maximum atomic E-state index is 5.96. The quantitative estimate of drug-likeness (QED) is 0.475. The molecule has 1 aromatic rings. The molecule has 1 aromatic carbocycles. The molecule has 0 spiro atoms. The number of guanidine groups is 1. The Labute approximate surface area is 138 Å². The third kappa shape index (κ3) is 4.63. The standard InChI is InChI=1S/C15H23N3O.HI/c1-11-5-7-12(8-6-11)14-13(4-3-9-19-14)10-18-15(16)17-2;/h5-8,13-14H,3-4,9-10H2,1-2H3,(H3,16,17,18);1H. The molecule has 2 unspecified atom stereocenters. The van der Waals surface area contributed by atoms with Crippen LogP contribution in [0.1, 0.15) is 30.1 Å². The van der Waals surface area contributed by atoms with E-state index >= 15 is 0 Å². The van der Waals surface area contributed by atoms with Crippen molar-refractivity contribution in [3.05, 3.63) is 35.4 Å². The van der Waals surface area contributed by atoms with Crippen LogP contribution < -0.4 is 11.1 Å². The van der Waals surface area contributed by atoms with Gasteiger partial charge in [0.2, 0.25) is 0 Å². The number of nitrogens with one attached hydrogen (secondary N) is 1. The van der Waals surface area contributed by atoms with Gasteiger partial charge in [0.05, 0.1) is 6.10 Å². The van der Waals surface area contributed by atoms with Gasteiger partial charge in [-0.2, -0.15) is 0 Å². The number of benzene rings is 1. The summed E-state index contributed by atoms with van der Waals surface area (Å²) in [5, 5.41) is 3.16. The molecule has 0 aromatic heterocycles. The van der Waals surface area contributed by atoms with Crippen LogP contribution in [0.25, 0.3) is 0 Å². The fourth-order valence-corrected chi connectivity index (χ4v) is 2.49. The van der Waals surface area contributed by atoms with Gasteiger partial charge >= 0.3 is 0 Å². The first-order valence-corrected chi connectivity index (χ1v) is 6.85. The van der Waals surface area contributed by atoms with Crippen LogP contribution in [-0.4, -0.2) is 26.2 Å². The lowest BCUT2D eigenvalue weighted by Gasteiger charge is -2.32. The Kier molecular flexibility index (Phi) is 7.29. The Hall–Kier alpha value is -0.820. The van der Waals surface area contributed by atoms with Crippen molar-refractivity contribution < 1.29 is 4.74 Å². The molecule has 1 fully saturated rings. The van der Waals surface area contributed by atoms with Crippen LogP contribution in [0.15, 0.2) is 29.3 Å². The molecule has 1 saturated heterocycles. The molecule has 1 aliphatic rings. The Morgan fingerprint density at radius 3 is 2.75 bits per heavy atom. The highest BCUT2D eigenvalue weighted by atomic mass is 127. The normalized spacial score (nSPS) is 23.0. The first-order valence-electron chi connectivity index (χ1n) is 6.85. The first kappa shape index (κ1) is 17.2. The first-order chi connectivity index (χ1) is 9.20. The van der Waals surface area contributed by atoms with Crippen molar-refractivity contribution in [3.63, 3.8) is 0 Å². The molecule has 2 rings (SSSR count). The van der Waals surface area contributed by atoms with Gasteiger partial charge in [-0.05, 0) is 25.3 Å². The van der Waals surface area contributed by atoms with Crippen LogP contribution in [0.3, 0.4) is 0 Å². The number of ether oxygens (including phenoxy) is 1. The molecular weight excluding hydrogens is 365 g/mol. The monoisotopic (exact) mass is 389 g/mol. The summed E-state index contributed by atoms with van der Waals surface area (Å²) in [5.41, 5.74) is 8.22. The third-order valence-corrected chi connectivity index (χ3v) is 3.64. The predicted octanol–water partition coefficient (Wildman–Crippen LogP) is 2.61. The Morgan fingerprint density at radius 1 is 1.40 bits per heavy atom. The van der Waals surface area contributed by atoms with E-state index in [9.17, 15) is 0 Å². The summed E-state index contributed by atoms with van der Waals surface area (Å²) >= 11 is 0. The van der Waals surface area contributed by atoms with Crippen LogP contribution in [0.4, 0.5) is 0 Å². The Morgan fingerprint density at radius 2 is 2.10 bits per heavy atom. The van der Waals surface area contributed by atoms with Crippen LogP contribution in [-0.2, 0) is 4.74 Å². The molecule has 2 atom stereocenters. The molecule has 3 N–H and O–H groups in total. The average molecular weight is 389 g/mol. The minimum atomic E-state index is 0. The molecule has 20 heavy (non-hydrogen) atoms. The Balaban J connectivity index is 0.00000200. The highest BCUT2D eigenvalue weighted by Gasteiger charge is 2.27. The number of nitrogens with zero attached hydrogens (tertiary/aromatic N) is 1. The molecule has 4 nitrogen and oxygen atoms in total. The van der Waals surface area contributed by atoms with Gasteiger partial charge in [-0.3, -0.25) is 4.99 Å². The van der Waals surface area contributed by atoms with E-state index in [1.807, 2.05) is 0 Å². The molecular formula is C15H24IN3O. The maximum absolute atomic E-state index is 5.96. The highest BCUT2D eigenvalue weighted by molar-refractivity contribution is 14.0. The number of nitrogens with two attached hydrogens (primary N) is 1. The van der Waals surface area contributed by atoms with Gasteiger partial charge in [0.1, 0.15) is 0 Å². The average Bonchev–Trinajstić information content (AvgIpc) is 2.46. The van der Waals surface area contributed by atoms with Crippen molar-refractivity contribution in [1.82, 2.24) is 5.32 Å². The van der Waals surface area contributed by atoms with Gasteiger partial charge in [0.25, 0.3) is 0 Å². The van der Waals surface area contributed by atoms with Gasteiger partial charge in [0.15, 0.2) is 5.96 Å². The fraction of sp³-hybridized carbons (Fsp3) is 0.533. The van der Waals surface area contributed by atoms with Crippen molar-refractivity contribution in [2.45, 2.75) is 25.9 Å². The topological polar surface area (TPSA) is 59.6 Å². The van der Waals surface area contributed by atoms with Crippen LogP contribution in [0.2, 0.25) is 0 Å². The van der Waals surface area contributed by atoms with E-state index in [1.54, 1.807) is 7.05 Å². The van der Waals surface area contributed by atoms with Crippen molar-refractivity contribution in [2.24, 2.45) is 16.6 Å². The number of hydrogen-bond donors (Lipinski definition) is 2. The lowest BCUT2D eigenvalue weighted by atomic mass is 9.89. The molecule has 0 saturated carbocycles. The lowest BCUT2D eigenvalue weighted by molar-refractivity contribution is -0.0265. The van der Waals surface area contributed by atoms with Gasteiger partial charge < -0.3 is 15.8 Å². The minimum absolute atomic E-state index is 0. The van der Waals surface area contributed by atoms with Gasteiger partial charge in [-0.25, -0.2) is 0 Å². The van der Waals surface area contributed by atoms with E-state index in [-0.39, 0.29) is 30.1 Å². The molecule has 5 heteroatoms. The molecule has 1 aliphatic heterocycles. The van der Waals surface area contributed by atoms with Gasteiger partial charge in [-0.1, -0.05) is 29.8 Å². The van der Waals surface area contributed by atoms with Crippen molar-refractivity contribution in [1.29, 1.82) is 0 Å². The summed E-state index contributed by atoms with van der Waals surface area (Å²) < 4.78 is 5.96. The third-order valence-electron chi connectivity index (χ3n) is 3.64. The molecule has 0 bridgehead atoms. The second-order valence-corrected chi connectivity index (χ2v) is 5.09. The molecule has 0 radical (unpaired) electrons. The number of halogens is 1. The maximum Gasteiger partial charge on any atom is 0.188 e. The summed E-state index contributed by atoms with van der Waals surface area (Å²) in [6, 6.07) is 8.60. The predicted molar refractivity (Wildman–Crippen MR) is 93.6 cm³/mol. The molecule has 1 heterocycles. The van der Waals surface area contributed by atoms with E-state index < -0.39 is 0 Å². The lowest BCUT2D eigenvalue weighted by Crippen LogP contribution is -2.38. The van der Waals surface area contributed by atoms with E-state index in [0.29, 0.717) is 11.9 Å². The molecule has 0 amide bonds. The summed E-state index contributed by atoms with van der Waals surface area (Å²) in [5.74, 6) is 0.935. The van der Waals surface area contributed by atoms with Crippen LogP contribution in [0, 0.1) is 12.8 Å². The largest absolute Gasteiger partial charge is 0.373 e. The number of aryl methyl sites for hydroxylation is 1. The van der Waals surface area contributed by atoms with E-state index in [0.717, 1.165) is 26.0 Å². The van der Waals surface area contributed by atoms with E-state index in [4.69, 9.17) is 10.5 Å². The summed E-state index contributed by atoms with van der Waals surface area (Å²) in [4.78, 5) is 3.92. The zero-order valence-electron chi connectivity index (χ0n) is 12.1. The summed E-state index contributed by atoms with van der Waals surface area (Å²) in [6.45, 7) is 3.75. The van der Waals surface area contributed by atoms with E-state index in [2.05, 4.69) is 41.5 Å². The second kappa shape index (κ2) is 8.46.